The van der Waals surface area contributed by atoms with Gasteiger partial charge in [-0.05, 0) is 12.0 Å². The quantitative estimate of drug-likeness (QED) is 0.886. The molecule has 112 valence electrons. The smallest absolute Gasteiger partial charge is 0.273 e. The Balaban J connectivity index is 2.00. The molecule has 3 N–H and O–H groups in total. The van der Waals surface area contributed by atoms with Crippen LogP contribution >= 0.6 is 0 Å². The molecule has 0 bridgehead atoms. The maximum atomic E-state index is 13.4. The van der Waals surface area contributed by atoms with Gasteiger partial charge in [0.1, 0.15) is 12.1 Å². The highest BCUT2D eigenvalue weighted by atomic mass is 19.1. The number of amides is 1. The van der Waals surface area contributed by atoms with Crippen LogP contribution in [0.5, 0.6) is 0 Å². The van der Waals surface area contributed by atoms with Crippen LogP contribution in [0.2, 0.25) is 0 Å². The maximum Gasteiger partial charge on any atom is 0.273 e. The van der Waals surface area contributed by atoms with E-state index in [1.54, 1.807) is 18.2 Å². The third-order valence-electron chi connectivity index (χ3n) is 3.16. The molecule has 0 aliphatic carbocycles. The molecule has 5 nitrogen and oxygen atoms in total. The highest BCUT2D eigenvalue weighted by Crippen LogP contribution is 2.18. The van der Waals surface area contributed by atoms with Crippen molar-refractivity contribution in [2.75, 3.05) is 0 Å². The van der Waals surface area contributed by atoms with E-state index in [-0.39, 0.29) is 30.0 Å². The molecule has 21 heavy (non-hydrogen) atoms. The SMILES string of the molecule is CC(C)C(N)c1nc(C(=O)NCc2ccccc2F)co1. The van der Waals surface area contributed by atoms with Gasteiger partial charge in [0.2, 0.25) is 5.89 Å². The average molecular weight is 291 g/mol. The van der Waals surface area contributed by atoms with Crippen LogP contribution in [-0.4, -0.2) is 10.9 Å². The number of carbonyl (C=O) groups is 1. The van der Waals surface area contributed by atoms with Crippen LogP contribution in [0.3, 0.4) is 0 Å². The van der Waals surface area contributed by atoms with Gasteiger partial charge in [-0.1, -0.05) is 32.0 Å². The summed E-state index contributed by atoms with van der Waals surface area (Å²) < 4.78 is 18.7. The summed E-state index contributed by atoms with van der Waals surface area (Å²) >= 11 is 0. The Morgan fingerprint density at radius 2 is 2.14 bits per heavy atom. The van der Waals surface area contributed by atoms with Gasteiger partial charge in [-0.15, -0.1) is 0 Å². The van der Waals surface area contributed by atoms with Crippen LogP contribution in [-0.2, 0) is 6.54 Å². The number of rotatable bonds is 5. The zero-order valence-electron chi connectivity index (χ0n) is 12.0. The molecule has 0 radical (unpaired) electrons. The number of hydrogen-bond acceptors (Lipinski definition) is 4. The van der Waals surface area contributed by atoms with Crippen molar-refractivity contribution in [3.63, 3.8) is 0 Å². The van der Waals surface area contributed by atoms with E-state index in [9.17, 15) is 9.18 Å². The first kappa shape index (κ1) is 15.2. The first-order chi connectivity index (χ1) is 9.99. The number of hydrogen-bond donors (Lipinski definition) is 2. The third-order valence-corrected chi connectivity index (χ3v) is 3.16. The monoisotopic (exact) mass is 291 g/mol. The van der Waals surface area contributed by atoms with E-state index in [4.69, 9.17) is 10.2 Å². The Labute approximate surface area is 122 Å². The van der Waals surface area contributed by atoms with Gasteiger partial charge in [0.15, 0.2) is 5.69 Å². The van der Waals surface area contributed by atoms with Gasteiger partial charge in [0.25, 0.3) is 5.91 Å². The topological polar surface area (TPSA) is 81.1 Å². The largest absolute Gasteiger partial charge is 0.446 e. The summed E-state index contributed by atoms with van der Waals surface area (Å²) in [7, 11) is 0. The molecule has 0 saturated heterocycles. The molecular weight excluding hydrogens is 273 g/mol. The third kappa shape index (κ3) is 3.66. The van der Waals surface area contributed by atoms with Crippen molar-refractivity contribution in [3.05, 3.63) is 53.5 Å². The number of nitrogens with two attached hydrogens (primary N) is 1. The van der Waals surface area contributed by atoms with Crippen LogP contribution in [0, 0.1) is 11.7 Å². The number of halogens is 1. The van der Waals surface area contributed by atoms with Gasteiger partial charge in [0.05, 0.1) is 6.04 Å². The van der Waals surface area contributed by atoms with E-state index < -0.39 is 5.91 Å². The number of nitrogens with one attached hydrogen (secondary N) is 1. The minimum absolute atomic E-state index is 0.0872. The standard InChI is InChI=1S/C15H18FN3O2/c1-9(2)13(17)15-19-12(8-21-15)14(20)18-7-10-5-3-4-6-11(10)16/h3-6,8-9,13H,7,17H2,1-2H3,(H,18,20). The highest BCUT2D eigenvalue weighted by Gasteiger charge is 2.19. The second kappa shape index (κ2) is 6.49. The molecule has 6 heteroatoms. The molecule has 1 unspecified atom stereocenters. The zero-order valence-corrected chi connectivity index (χ0v) is 12.0. The molecule has 0 aliphatic heterocycles. The van der Waals surface area contributed by atoms with Crippen molar-refractivity contribution in [2.24, 2.45) is 11.7 Å². The molecule has 2 aromatic rings. The summed E-state index contributed by atoms with van der Waals surface area (Å²) in [6, 6.07) is 5.90. The highest BCUT2D eigenvalue weighted by molar-refractivity contribution is 5.91. The van der Waals surface area contributed by atoms with Crippen LogP contribution in [0.1, 0.15) is 41.8 Å². The van der Waals surface area contributed by atoms with Gasteiger partial charge >= 0.3 is 0 Å². The van der Waals surface area contributed by atoms with Gasteiger partial charge < -0.3 is 15.5 Å². The minimum atomic E-state index is -0.427. The fourth-order valence-electron chi connectivity index (χ4n) is 1.74. The Morgan fingerprint density at radius 1 is 1.43 bits per heavy atom. The molecule has 0 spiro atoms. The lowest BCUT2D eigenvalue weighted by Crippen LogP contribution is -2.24. The van der Waals surface area contributed by atoms with Gasteiger partial charge in [-0.3, -0.25) is 4.79 Å². The molecule has 1 heterocycles. The molecule has 0 aliphatic rings. The number of carbonyl (C=O) groups excluding carboxylic acids is 1. The molecule has 2 rings (SSSR count). The van der Waals surface area contributed by atoms with E-state index in [1.807, 2.05) is 13.8 Å². The molecule has 1 atom stereocenters. The Kier molecular flexibility index (Phi) is 4.70. The molecular formula is C15H18FN3O2. The molecule has 1 aromatic heterocycles. The maximum absolute atomic E-state index is 13.4. The van der Waals surface area contributed by atoms with Crippen LogP contribution in [0.25, 0.3) is 0 Å². The Hall–Kier alpha value is -2.21. The predicted molar refractivity (Wildman–Crippen MR) is 75.8 cm³/mol. The van der Waals surface area contributed by atoms with E-state index in [1.165, 1.54) is 12.3 Å². The van der Waals surface area contributed by atoms with Crippen LogP contribution in [0.15, 0.2) is 34.9 Å². The fourth-order valence-corrected chi connectivity index (χ4v) is 1.74. The summed E-state index contributed by atoms with van der Waals surface area (Å²) in [5, 5.41) is 2.60. The molecule has 1 aromatic carbocycles. The predicted octanol–water partition coefficient (Wildman–Crippen LogP) is 2.40. The molecule has 0 fully saturated rings. The van der Waals surface area contributed by atoms with Gasteiger partial charge in [-0.25, -0.2) is 9.37 Å². The van der Waals surface area contributed by atoms with Crippen molar-refractivity contribution in [3.8, 4) is 0 Å². The molecule has 0 saturated carbocycles. The lowest BCUT2D eigenvalue weighted by molar-refractivity contribution is 0.0945. The summed E-state index contributed by atoms with van der Waals surface area (Å²) in [6.45, 7) is 3.96. The number of oxazole rings is 1. The Bertz CT molecular complexity index is 625. The summed E-state index contributed by atoms with van der Waals surface area (Å²) in [5.41, 5.74) is 6.45. The van der Waals surface area contributed by atoms with Gasteiger partial charge in [0, 0.05) is 12.1 Å². The van der Waals surface area contributed by atoms with E-state index in [2.05, 4.69) is 10.3 Å². The molecule has 1 amide bonds. The number of aromatic nitrogens is 1. The number of benzene rings is 1. The van der Waals surface area contributed by atoms with Crippen LogP contribution < -0.4 is 11.1 Å². The first-order valence-corrected chi connectivity index (χ1v) is 6.71. The minimum Gasteiger partial charge on any atom is -0.446 e. The average Bonchev–Trinajstić information content (AvgIpc) is 2.95. The van der Waals surface area contributed by atoms with E-state index in [0.29, 0.717) is 11.5 Å². The normalized spacial score (nSPS) is 12.4. The lowest BCUT2D eigenvalue weighted by atomic mass is 10.1. The van der Waals surface area contributed by atoms with Crippen molar-refractivity contribution in [2.45, 2.75) is 26.4 Å². The lowest BCUT2D eigenvalue weighted by Gasteiger charge is -2.10. The van der Waals surface area contributed by atoms with Crippen molar-refractivity contribution in [1.29, 1.82) is 0 Å². The van der Waals surface area contributed by atoms with Gasteiger partial charge in [-0.2, -0.15) is 0 Å². The van der Waals surface area contributed by atoms with Crippen LogP contribution in [0.4, 0.5) is 4.39 Å². The second-order valence-electron chi connectivity index (χ2n) is 5.11. The number of nitrogens with zero attached hydrogens (tertiary/aromatic N) is 1. The van der Waals surface area contributed by atoms with E-state index >= 15 is 0 Å². The Morgan fingerprint density at radius 3 is 2.81 bits per heavy atom. The summed E-state index contributed by atoms with van der Waals surface area (Å²) in [4.78, 5) is 16.0. The van der Waals surface area contributed by atoms with Crippen molar-refractivity contribution < 1.29 is 13.6 Å². The summed E-state index contributed by atoms with van der Waals surface area (Å²) in [6.07, 6.45) is 1.26. The zero-order chi connectivity index (χ0) is 15.4. The van der Waals surface area contributed by atoms with E-state index in [0.717, 1.165) is 0 Å². The summed E-state index contributed by atoms with van der Waals surface area (Å²) in [5.74, 6) is -0.316. The second-order valence-corrected chi connectivity index (χ2v) is 5.11. The van der Waals surface area contributed by atoms with Crippen molar-refractivity contribution in [1.82, 2.24) is 10.3 Å². The fraction of sp³-hybridized carbons (Fsp3) is 0.333. The van der Waals surface area contributed by atoms with Crippen molar-refractivity contribution >= 4 is 5.91 Å². The first-order valence-electron chi connectivity index (χ1n) is 6.71.